The van der Waals surface area contributed by atoms with Gasteiger partial charge in [-0.15, -0.1) is 0 Å². The molecule has 5 nitrogen and oxygen atoms in total. The van der Waals surface area contributed by atoms with Crippen LogP contribution in [-0.2, 0) is 18.6 Å². The zero-order valence-electron chi connectivity index (χ0n) is 19.2. The van der Waals surface area contributed by atoms with E-state index in [2.05, 4.69) is 9.97 Å². The van der Waals surface area contributed by atoms with Crippen LogP contribution in [0.15, 0.2) is 73.1 Å². The first kappa shape index (κ1) is 25.8. The van der Waals surface area contributed by atoms with Crippen LogP contribution >= 0.6 is 0 Å². The first-order chi connectivity index (χ1) is 17.3. The standard InChI is InChI=1S/C26H19F6N5/c1-25(28,29)15-6-8-17(19(12-15)26(30,31)32)21(34)9-7-16(33)13-37-11-10-22-23(14-37)36-24(35-22)18-4-2-3-5-20(18)27/h2-12,14,33-34H,13H2,1H3/b9-7-,33-16?,34-21?. The number of nitrogens with zero attached hydrogens (tertiary/aromatic N) is 3. The molecule has 0 unspecified atom stereocenters. The number of alkyl halides is 5. The number of hydrogen-bond acceptors (Lipinski definition) is 4. The fourth-order valence-electron chi connectivity index (χ4n) is 3.62. The molecule has 2 aromatic carbocycles. The van der Waals surface area contributed by atoms with Crippen LogP contribution in [0.5, 0.6) is 0 Å². The van der Waals surface area contributed by atoms with E-state index in [1.807, 2.05) is 0 Å². The van der Waals surface area contributed by atoms with E-state index in [4.69, 9.17) is 10.8 Å². The first-order valence-corrected chi connectivity index (χ1v) is 10.9. The monoisotopic (exact) mass is 515 g/mol. The third-order valence-corrected chi connectivity index (χ3v) is 5.47. The van der Waals surface area contributed by atoms with Crippen molar-refractivity contribution < 1.29 is 26.3 Å². The lowest BCUT2D eigenvalue weighted by molar-refractivity contribution is -0.137. The van der Waals surface area contributed by atoms with Gasteiger partial charge in [0.25, 0.3) is 5.92 Å². The van der Waals surface area contributed by atoms with Gasteiger partial charge in [0.15, 0.2) is 5.82 Å². The molecule has 0 spiro atoms. The quantitative estimate of drug-likeness (QED) is 0.206. The van der Waals surface area contributed by atoms with Gasteiger partial charge in [-0.3, -0.25) is 0 Å². The number of pyridine rings is 1. The summed E-state index contributed by atoms with van der Waals surface area (Å²) >= 11 is 0. The fraction of sp³-hybridized carbons (Fsp3) is 0.154. The highest BCUT2D eigenvalue weighted by molar-refractivity contribution is 6.10. The average molecular weight is 515 g/mol. The Morgan fingerprint density at radius 2 is 1.65 bits per heavy atom. The van der Waals surface area contributed by atoms with Crippen LogP contribution in [0, 0.1) is 16.6 Å². The SMILES string of the molecule is CC(F)(F)c1ccc(C(=N)/C=C\C(=N)Cn2ccc3nc(-c4ccccc4F)nc-3c2)c(C(F)(F)F)c1. The summed E-state index contributed by atoms with van der Waals surface area (Å²) in [5, 5.41) is 16.2. The molecule has 0 saturated heterocycles. The summed E-state index contributed by atoms with van der Waals surface area (Å²) in [5.74, 6) is -3.73. The molecular weight excluding hydrogens is 496 g/mol. The van der Waals surface area contributed by atoms with Crippen LogP contribution < -0.4 is 0 Å². The highest BCUT2D eigenvalue weighted by Crippen LogP contribution is 2.37. The largest absolute Gasteiger partial charge is 0.417 e. The fourth-order valence-corrected chi connectivity index (χ4v) is 3.62. The van der Waals surface area contributed by atoms with Crippen molar-refractivity contribution in [2.24, 2.45) is 0 Å². The van der Waals surface area contributed by atoms with Crippen LogP contribution in [0.25, 0.3) is 22.8 Å². The molecule has 4 rings (SSSR count). The summed E-state index contributed by atoms with van der Waals surface area (Å²) in [7, 11) is 0. The normalized spacial score (nSPS) is 12.4. The van der Waals surface area contributed by atoms with Crippen LogP contribution in [-0.4, -0.2) is 26.0 Å². The number of aromatic nitrogens is 3. The lowest BCUT2D eigenvalue weighted by Crippen LogP contribution is -2.16. The maximum absolute atomic E-state index is 14.1. The van der Waals surface area contributed by atoms with Crippen molar-refractivity contribution in [1.29, 1.82) is 10.8 Å². The second-order valence-corrected chi connectivity index (χ2v) is 8.33. The number of fused-ring (bicyclic) bond motifs is 1. The Kier molecular flexibility index (Phi) is 6.72. The highest BCUT2D eigenvalue weighted by Gasteiger charge is 2.36. The van der Waals surface area contributed by atoms with Gasteiger partial charge in [0.1, 0.15) is 11.5 Å². The predicted octanol–water partition coefficient (Wildman–Crippen LogP) is 6.96. The maximum atomic E-state index is 14.1. The first-order valence-electron chi connectivity index (χ1n) is 10.9. The van der Waals surface area contributed by atoms with Crippen LogP contribution in [0.4, 0.5) is 26.3 Å². The van der Waals surface area contributed by atoms with E-state index in [9.17, 15) is 26.3 Å². The Labute approximate surface area is 207 Å². The molecule has 0 saturated carbocycles. The minimum absolute atomic E-state index is 0.00522. The summed E-state index contributed by atoms with van der Waals surface area (Å²) in [5.41, 5.74) is -2.17. The molecule has 2 aromatic rings. The zero-order valence-corrected chi connectivity index (χ0v) is 19.2. The zero-order chi connectivity index (χ0) is 27.0. The lowest BCUT2D eigenvalue weighted by atomic mass is 9.97. The number of benzene rings is 2. The molecule has 0 aromatic heterocycles. The maximum Gasteiger partial charge on any atom is 0.417 e. The van der Waals surface area contributed by atoms with Crippen molar-refractivity contribution in [3.8, 4) is 22.8 Å². The predicted molar refractivity (Wildman–Crippen MR) is 127 cm³/mol. The van der Waals surface area contributed by atoms with E-state index in [-0.39, 0.29) is 23.6 Å². The topological polar surface area (TPSA) is 78.4 Å². The van der Waals surface area contributed by atoms with Crippen molar-refractivity contribution in [3.05, 3.63) is 95.6 Å². The van der Waals surface area contributed by atoms with Gasteiger partial charge in [-0.2, -0.15) is 13.2 Å². The molecule has 2 heterocycles. The molecule has 2 aliphatic rings. The van der Waals surface area contributed by atoms with E-state index in [1.165, 1.54) is 6.07 Å². The van der Waals surface area contributed by atoms with Crippen LogP contribution in [0.3, 0.4) is 0 Å². The molecule has 0 bridgehead atoms. The molecule has 11 heteroatoms. The second-order valence-electron chi connectivity index (χ2n) is 8.33. The number of imidazole rings is 1. The molecule has 0 atom stereocenters. The molecule has 0 aliphatic carbocycles. The van der Waals surface area contributed by atoms with Crippen molar-refractivity contribution in [2.45, 2.75) is 25.6 Å². The molecule has 0 amide bonds. The molecule has 2 N–H and O–H groups in total. The Morgan fingerprint density at radius 3 is 2.32 bits per heavy atom. The highest BCUT2D eigenvalue weighted by atomic mass is 19.4. The van der Waals surface area contributed by atoms with E-state index in [0.29, 0.717) is 24.4 Å². The van der Waals surface area contributed by atoms with Crippen LogP contribution in [0.2, 0.25) is 0 Å². The smallest absolute Gasteiger partial charge is 0.346 e. The third kappa shape index (κ3) is 5.76. The van der Waals surface area contributed by atoms with Gasteiger partial charge in [-0.05, 0) is 36.4 Å². The third-order valence-electron chi connectivity index (χ3n) is 5.47. The molecule has 190 valence electrons. The Hall–Kier alpha value is -4.28. The summed E-state index contributed by atoms with van der Waals surface area (Å²) in [6, 6.07) is 9.71. The molecular formula is C26H19F6N5. The minimum atomic E-state index is -4.95. The Balaban J connectivity index is 1.52. The van der Waals surface area contributed by atoms with Gasteiger partial charge in [0, 0.05) is 30.4 Å². The summed E-state index contributed by atoms with van der Waals surface area (Å²) in [6.07, 6.45) is 0.419. The number of halogens is 6. The van der Waals surface area contributed by atoms with Gasteiger partial charge in [-0.25, -0.2) is 23.1 Å². The molecule has 0 fully saturated rings. The number of allylic oxidation sites excluding steroid dienone is 2. The van der Waals surface area contributed by atoms with E-state index in [0.717, 1.165) is 24.3 Å². The van der Waals surface area contributed by atoms with Gasteiger partial charge < -0.3 is 15.4 Å². The summed E-state index contributed by atoms with van der Waals surface area (Å²) in [6.45, 7) is 0.486. The van der Waals surface area contributed by atoms with Crippen molar-refractivity contribution >= 4 is 11.4 Å². The van der Waals surface area contributed by atoms with Gasteiger partial charge >= 0.3 is 6.18 Å². The summed E-state index contributed by atoms with van der Waals surface area (Å²) in [4.78, 5) is 8.64. The molecule has 0 radical (unpaired) electrons. The molecule has 37 heavy (non-hydrogen) atoms. The van der Waals surface area contributed by atoms with Gasteiger partial charge in [-0.1, -0.05) is 24.3 Å². The van der Waals surface area contributed by atoms with Gasteiger partial charge in [0.05, 0.1) is 34.8 Å². The Morgan fingerprint density at radius 1 is 0.946 bits per heavy atom. The number of nitrogens with one attached hydrogen (secondary N) is 2. The van der Waals surface area contributed by atoms with Gasteiger partial charge in [0.2, 0.25) is 0 Å². The average Bonchev–Trinajstić information content (AvgIpc) is 3.24. The number of rotatable bonds is 7. The van der Waals surface area contributed by atoms with Crippen molar-refractivity contribution in [2.75, 3.05) is 0 Å². The summed E-state index contributed by atoms with van der Waals surface area (Å²) < 4.78 is 83.1. The Bertz CT molecular complexity index is 1480. The van der Waals surface area contributed by atoms with E-state index < -0.39 is 40.3 Å². The van der Waals surface area contributed by atoms with E-state index in [1.54, 1.807) is 41.2 Å². The van der Waals surface area contributed by atoms with E-state index >= 15 is 0 Å². The number of hydrogen-bond donors (Lipinski definition) is 2. The minimum Gasteiger partial charge on any atom is -0.346 e. The molecule has 2 aliphatic heterocycles. The lowest BCUT2D eigenvalue weighted by Gasteiger charge is -2.17. The van der Waals surface area contributed by atoms with Crippen molar-refractivity contribution in [1.82, 2.24) is 14.5 Å². The second kappa shape index (κ2) is 9.64. The van der Waals surface area contributed by atoms with Crippen molar-refractivity contribution in [3.63, 3.8) is 0 Å². The van der Waals surface area contributed by atoms with Crippen LogP contribution in [0.1, 0.15) is 23.6 Å².